The fraction of sp³-hybridized carbons (Fsp3) is 0.278. The number of hydrogen-bond acceptors (Lipinski definition) is 9. The largest absolute Gasteiger partial charge is 0.330 e. The number of thioether (sulfide) groups is 1. The van der Waals surface area contributed by atoms with Crippen molar-refractivity contribution in [2.75, 3.05) is 11.1 Å². The van der Waals surface area contributed by atoms with Gasteiger partial charge in [0, 0.05) is 16.8 Å². The molecule has 0 aliphatic carbocycles. The number of anilines is 2. The number of carbonyl (C=O) groups excluding carboxylic acids is 1. The molecule has 0 fully saturated rings. The number of hydrogen-bond donors (Lipinski definition) is 1. The second kappa shape index (κ2) is 8.61. The average molecular weight is 416 g/mol. The van der Waals surface area contributed by atoms with Gasteiger partial charge in [-0.25, -0.2) is 4.98 Å². The van der Waals surface area contributed by atoms with Crippen LogP contribution < -0.4 is 5.32 Å². The minimum atomic E-state index is -0.822. The number of ketones is 1. The summed E-state index contributed by atoms with van der Waals surface area (Å²) in [4.78, 5) is 16.6. The summed E-state index contributed by atoms with van der Waals surface area (Å²) < 4.78 is 0.682. The van der Waals surface area contributed by atoms with Crippen molar-refractivity contribution in [3.63, 3.8) is 0 Å². The third kappa shape index (κ3) is 4.91. The van der Waals surface area contributed by atoms with Crippen LogP contribution in [0.3, 0.4) is 0 Å². The highest BCUT2D eigenvalue weighted by Crippen LogP contribution is 2.30. The van der Waals surface area contributed by atoms with E-state index in [2.05, 4.69) is 52.5 Å². The van der Waals surface area contributed by atoms with Crippen LogP contribution in [0.5, 0.6) is 0 Å². The summed E-state index contributed by atoms with van der Waals surface area (Å²) in [7, 11) is 0. The number of Topliss-reactive ketones (excluding diaryl/α,β-unsaturated/α-hetero) is 1. The Morgan fingerprint density at radius 2 is 2.11 bits per heavy atom. The Hall–Kier alpha value is -2.28. The summed E-state index contributed by atoms with van der Waals surface area (Å²) in [6.45, 7) is 5.97. The summed E-state index contributed by atoms with van der Waals surface area (Å²) in [6.07, 6.45) is 0. The molecule has 0 aliphatic rings. The standard InChI is InChI=1S/C18H17N5OS3/c1-10-4-5-13(6-11(10)2)21-17-22-23-18(27-17)26-9-15(24)14(7-19)16-20-12(3)8-25-16/h4-6,8,14H,9H2,1-3H3,(H,21,22)/t14-/m0/s1. The Labute approximate surface area is 169 Å². The number of nitriles is 1. The van der Waals surface area contributed by atoms with E-state index in [1.54, 1.807) is 0 Å². The quantitative estimate of drug-likeness (QED) is 0.562. The molecule has 3 rings (SSSR count). The molecule has 9 heteroatoms. The average Bonchev–Trinajstić information content (AvgIpc) is 3.26. The van der Waals surface area contributed by atoms with Gasteiger partial charge in [0.15, 0.2) is 16.0 Å². The third-order valence-corrected chi connectivity index (χ3v) is 6.86. The molecule has 6 nitrogen and oxygen atoms in total. The van der Waals surface area contributed by atoms with Gasteiger partial charge in [-0.1, -0.05) is 29.2 Å². The van der Waals surface area contributed by atoms with E-state index in [9.17, 15) is 10.1 Å². The summed E-state index contributed by atoms with van der Waals surface area (Å²) in [5.74, 6) is -0.831. The molecule has 0 spiro atoms. The number of rotatable bonds is 7. The van der Waals surface area contributed by atoms with Gasteiger partial charge < -0.3 is 5.32 Å². The highest BCUT2D eigenvalue weighted by atomic mass is 32.2. The van der Waals surface area contributed by atoms with Crippen molar-refractivity contribution in [1.29, 1.82) is 5.26 Å². The molecular formula is C18H17N5OS3. The van der Waals surface area contributed by atoms with Crippen molar-refractivity contribution in [3.05, 3.63) is 45.4 Å². The zero-order valence-electron chi connectivity index (χ0n) is 15.0. The molecule has 0 saturated carbocycles. The predicted octanol–water partition coefficient (Wildman–Crippen LogP) is 4.63. The number of nitrogens with one attached hydrogen (secondary N) is 1. The molecule has 3 aromatic rings. The first-order chi connectivity index (χ1) is 13.0. The summed E-state index contributed by atoms with van der Waals surface area (Å²) in [6, 6.07) is 8.16. The van der Waals surface area contributed by atoms with Crippen LogP contribution >= 0.6 is 34.4 Å². The maximum atomic E-state index is 12.4. The first-order valence-corrected chi connectivity index (χ1v) is 10.8. The van der Waals surface area contributed by atoms with Gasteiger partial charge in [0.2, 0.25) is 5.13 Å². The molecule has 2 heterocycles. The van der Waals surface area contributed by atoms with E-state index >= 15 is 0 Å². The van der Waals surface area contributed by atoms with Crippen molar-refractivity contribution < 1.29 is 4.79 Å². The first-order valence-electron chi connectivity index (χ1n) is 8.11. The third-order valence-electron chi connectivity index (χ3n) is 3.84. The van der Waals surface area contributed by atoms with E-state index in [0.717, 1.165) is 11.4 Å². The molecule has 1 aromatic carbocycles. The van der Waals surface area contributed by atoms with Gasteiger partial charge in [0.05, 0.1) is 11.8 Å². The predicted molar refractivity (Wildman–Crippen MR) is 110 cm³/mol. The molecule has 0 aliphatic heterocycles. The van der Waals surface area contributed by atoms with Gasteiger partial charge in [-0.2, -0.15) is 5.26 Å². The van der Waals surface area contributed by atoms with E-state index in [1.165, 1.54) is 45.6 Å². The maximum Gasteiger partial charge on any atom is 0.210 e. The lowest BCUT2D eigenvalue weighted by Crippen LogP contribution is -2.13. The zero-order valence-corrected chi connectivity index (χ0v) is 17.5. The van der Waals surface area contributed by atoms with Crippen LogP contribution in [0.2, 0.25) is 0 Å². The Kier molecular flexibility index (Phi) is 6.21. The van der Waals surface area contributed by atoms with Crippen LogP contribution in [0.1, 0.15) is 27.7 Å². The Morgan fingerprint density at radius 3 is 2.78 bits per heavy atom. The van der Waals surface area contributed by atoms with E-state index in [0.29, 0.717) is 14.5 Å². The molecular weight excluding hydrogens is 398 g/mol. The Balaban J connectivity index is 1.59. The number of aromatic nitrogens is 3. The maximum absolute atomic E-state index is 12.4. The molecule has 1 atom stereocenters. The van der Waals surface area contributed by atoms with Gasteiger partial charge in [0.25, 0.3) is 0 Å². The highest BCUT2D eigenvalue weighted by molar-refractivity contribution is 8.01. The number of carbonyl (C=O) groups is 1. The number of nitrogens with zero attached hydrogens (tertiary/aromatic N) is 4. The second-order valence-electron chi connectivity index (χ2n) is 5.94. The van der Waals surface area contributed by atoms with Gasteiger partial charge in [0.1, 0.15) is 5.01 Å². The Morgan fingerprint density at radius 1 is 1.30 bits per heavy atom. The normalized spacial score (nSPS) is 11.8. The topological polar surface area (TPSA) is 91.6 Å². The lowest BCUT2D eigenvalue weighted by Gasteiger charge is -2.05. The molecule has 2 aromatic heterocycles. The lowest BCUT2D eigenvalue weighted by molar-refractivity contribution is -0.116. The molecule has 0 amide bonds. The molecule has 0 bridgehead atoms. The Bertz CT molecular complexity index is 1000. The number of benzene rings is 1. The van der Waals surface area contributed by atoms with Crippen molar-refractivity contribution in [1.82, 2.24) is 15.2 Å². The SMILES string of the molecule is Cc1csc([C@@H](C#N)C(=O)CSc2nnc(Nc3ccc(C)c(C)c3)s2)n1. The highest BCUT2D eigenvalue weighted by Gasteiger charge is 2.23. The zero-order chi connectivity index (χ0) is 19.4. The van der Waals surface area contributed by atoms with Crippen LogP contribution in [-0.2, 0) is 4.79 Å². The van der Waals surface area contributed by atoms with Gasteiger partial charge >= 0.3 is 0 Å². The molecule has 0 radical (unpaired) electrons. The van der Waals surface area contributed by atoms with Crippen LogP contribution in [0.25, 0.3) is 0 Å². The summed E-state index contributed by atoms with van der Waals surface area (Å²) in [5, 5.41) is 23.8. The van der Waals surface area contributed by atoms with Crippen molar-refractivity contribution in [2.24, 2.45) is 0 Å². The summed E-state index contributed by atoms with van der Waals surface area (Å²) >= 11 is 4.01. The van der Waals surface area contributed by atoms with Gasteiger partial charge in [-0.3, -0.25) is 4.79 Å². The number of thiazole rings is 1. The molecule has 138 valence electrons. The first kappa shape index (κ1) is 19.5. The molecule has 0 unspecified atom stereocenters. The second-order valence-corrected chi connectivity index (χ2v) is 9.03. The minimum Gasteiger partial charge on any atom is -0.330 e. The lowest BCUT2D eigenvalue weighted by atomic mass is 10.1. The van der Waals surface area contributed by atoms with Gasteiger partial charge in [-0.05, 0) is 44.0 Å². The number of aryl methyl sites for hydroxylation is 3. The minimum absolute atomic E-state index is 0.162. The fourth-order valence-corrected chi connectivity index (χ4v) is 4.79. The van der Waals surface area contributed by atoms with E-state index in [1.807, 2.05) is 18.4 Å². The summed E-state index contributed by atoms with van der Waals surface area (Å²) in [5.41, 5.74) is 4.20. The monoisotopic (exact) mass is 415 g/mol. The molecule has 0 saturated heterocycles. The molecule has 1 N–H and O–H groups in total. The fourth-order valence-electron chi connectivity index (χ4n) is 2.25. The van der Waals surface area contributed by atoms with Crippen LogP contribution in [0.4, 0.5) is 10.8 Å². The van der Waals surface area contributed by atoms with Crippen LogP contribution in [-0.4, -0.2) is 26.7 Å². The van der Waals surface area contributed by atoms with Crippen molar-refractivity contribution in [3.8, 4) is 6.07 Å². The van der Waals surface area contributed by atoms with Crippen LogP contribution in [0.15, 0.2) is 27.9 Å². The van der Waals surface area contributed by atoms with Crippen LogP contribution in [0, 0.1) is 32.1 Å². The molecule has 27 heavy (non-hydrogen) atoms. The van der Waals surface area contributed by atoms with E-state index in [-0.39, 0.29) is 11.5 Å². The van der Waals surface area contributed by atoms with E-state index in [4.69, 9.17) is 0 Å². The van der Waals surface area contributed by atoms with Crippen molar-refractivity contribution >= 4 is 51.0 Å². The van der Waals surface area contributed by atoms with Gasteiger partial charge in [-0.15, -0.1) is 21.5 Å². The smallest absolute Gasteiger partial charge is 0.210 e. The van der Waals surface area contributed by atoms with Crippen molar-refractivity contribution in [2.45, 2.75) is 31.0 Å². The van der Waals surface area contributed by atoms with E-state index < -0.39 is 5.92 Å².